The van der Waals surface area contributed by atoms with E-state index in [1.807, 2.05) is 44.2 Å². The van der Waals surface area contributed by atoms with Crippen molar-refractivity contribution in [2.24, 2.45) is 0 Å². The van der Waals surface area contributed by atoms with Crippen LogP contribution in [0.15, 0.2) is 54.1 Å². The van der Waals surface area contributed by atoms with Crippen LogP contribution in [-0.4, -0.2) is 28.9 Å². The van der Waals surface area contributed by atoms with E-state index in [-0.39, 0.29) is 16.4 Å². The molecule has 2 heterocycles. The minimum Gasteiger partial charge on any atom is -0.507 e. The Bertz CT molecular complexity index is 1200. The van der Waals surface area contributed by atoms with Crippen molar-refractivity contribution in [2.45, 2.75) is 19.9 Å². The number of aryl methyl sites for hydroxylation is 2. The first-order valence-electron chi connectivity index (χ1n) is 9.47. The third-order valence-electron chi connectivity index (χ3n) is 5.21. The molecule has 1 aliphatic heterocycles. The van der Waals surface area contributed by atoms with E-state index >= 15 is 0 Å². The predicted octanol–water partition coefficient (Wildman–Crippen LogP) is 5.05. The molecule has 1 aliphatic rings. The topological polar surface area (TPSA) is 79.7 Å². The van der Waals surface area contributed by atoms with Gasteiger partial charge in [0.2, 0.25) is 0 Å². The molecule has 2 aromatic carbocycles. The number of thiazole rings is 1. The van der Waals surface area contributed by atoms with Crippen LogP contribution in [0.2, 0.25) is 5.02 Å². The predicted molar refractivity (Wildman–Crippen MR) is 121 cm³/mol. The number of Topliss-reactive ketones (excluding diaryl/α,β-unsaturated/α-hetero) is 1. The summed E-state index contributed by atoms with van der Waals surface area (Å²) in [6.07, 6.45) is 0. The fourth-order valence-electron chi connectivity index (χ4n) is 3.51. The first-order valence-corrected chi connectivity index (χ1v) is 10.7. The van der Waals surface area contributed by atoms with Crippen LogP contribution in [0, 0.1) is 13.8 Å². The summed E-state index contributed by atoms with van der Waals surface area (Å²) in [4.78, 5) is 33.0. The number of benzene rings is 2. The molecule has 0 unspecified atom stereocenters. The smallest absolute Gasteiger partial charge is 0.301 e. The molecule has 1 fully saturated rings. The van der Waals surface area contributed by atoms with Crippen molar-refractivity contribution >= 4 is 45.5 Å². The van der Waals surface area contributed by atoms with Gasteiger partial charge >= 0.3 is 5.91 Å². The van der Waals surface area contributed by atoms with E-state index in [0.29, 0.717) is 22.0 Å². The fraction of sp³-hybridized carbons (Fsp3) is 0.174. The second-order valence-electron chi connectivity index (χ2n) is 7.07. The molecular weight excluding hydrogens is 436 g/mol. The van der Waals surface area contributed by atoms with Crippen molar-refractivity contribution in [3.05, 3.63) is 80.8 Å². The SMILES string of the molecule is COc1ccc(C(O)=C2C(=O)C(=O)N(c3nc(C)c(C)s3)[C@H]2c2ccccc2)cc1Cl. The number of methoxy groups -OCH3 is 1. The number of ether oxygens (including phenoxy) is 1. The van der Waals surface area contributed by atoms with Gasteiger partial charge < -0.3 is 9.84 Å². The van der Waals surface area contributed by atoms with Gasteiger partial charge in [0.1, 0.15) is 11.5 Å². The van der Waals surface area contributed by atoms with Crippen LogP contribution in [0.3, 0.4) is 0 Å². The Balaban J connectivity index is 1.93. The summed E-state index contributed by atoms with van der Waals surface area (Å²) in [7, 11) is 1.49. The van der Waals surface area contributed by atoms with E-state index < -0.39 is 17.7 Å². The average molecular weight is 455 g/mol. The van der Waals surface area contributed by atoms with Crippen molar-refractivity contribution in [3.63, 3.8) is 0 Å². The van der Waals surface area contributed by atoms with E-state index in [1.165, 1.54) is 29.4 Å². The first kappa shape index (κ1) is 21.1. The molecule has 31 heavy (non-hydrogen) atoms. The molecule has 8 heteroatoms. The molecule has 1 aromatic heterocycles. The summed E-state index contributed by atoms with van der Waals surface area (Å²) in [5, 5.41) is 11.8. The second kappa shape index (κ2) is 8.17. The molecule has 1 saturated heterocycles. The van der Waals surface area contributed by atoms with Crippen LogP contribution in [0.25, 0.3) is 5.76 Å². The molecule has 6 nitrogen and oxygen atoms in total. The van der Waals surface area contributed by atoms with Crippen LogP contribution >= 0.6 is 22.9 Å². The number of amides is 1. The number of aliphatic hydroxyl groups is 1. The summed E-state index contributed by atoms with van der Waals surface area (Å²) in [5.41, 5.74) is 1.78. The monoisotopic (exact) mass is 454 g/mol. The molecule has 0 bridgehead atoms. The maximum atomic E-state index is 13.1. The maximum absolute atomic E-state index is 13.1. The molecular formula is C23H19ClN2O4S. The summed E-state index contributed by atoms with van der Waals surface area (Å²) >= 11 is 7.55. The molecule has 158 valence electrons. The number of aromatic nitrogens is 1. The number of hydrogen-bond donors (Lipinski definition) is 1. The highest BCUT2D eigenvalue weighted by Crippen LogP contribution is 2.44. The largest absolute Gasteiger partial charge is 0.507 e. The van der Waals surface area contributed by atoms with Gasteiger partial charge in [-0.15, -0.1) is 11.3 Å². The van der Waals surface area contributed by atoms with Gasteiger partial charge in [-0.05, 0) is 37.6 Å². The number of rotatable bonds is 4. The Hall–Kier alpha value is -3.16. The van der Waals surface area contributed by atoms with E-state index in [2.05, 4.69) is 4.98 Å². The maximum Gasteiger partial charge on any atom is 0.301 e. The van der Waals surface area contributed by atoms with Gasteiger partial charge in [0.25, 0.3) is 5.78 Å². The molecule has 0 radical (unpaired) electrons. The molecule has 1 atom stereocenters. The highest BCUT2D eigenvalue weighted by molar-refractivity contribution is 7.16. The van der Waals surface area contributed by atoms with Crippen LogP contribution in [0.1, 0.15) is 27.7 Å². The van der Waals surface area contributed by atoms with Crippen molar-refractivity contribution in [3.8, 4) is 5.75 Å². The number of ketones is 1. The van der Waals surface area contributed by atoms with Crippen LogP contribution in [0.4, 0.5) is 5.13 Å². The van der Waals surface area contributed by atoms with E-state index in [9.17, 15) is 14.7 Å². The highest BCUT2D eigenvalue weighted by Gasteiger charge is 2.48. The van der Waals surface area contributed by atoms with E-state index in [1.54, 1.807) is 12.1 Å². The fourth-order valence-corrected chi connectivity index (χ4v) is 4.70. The number of carbonyl (C=O) groups is 2. The lowest BCUT2D eigenvalue weighted by Gasteiger charge is -2.23. The Kier molecular flexibility index (Phi) is 5.56. The minimum atomic E-state index is -0.813. The van der Waals surface area contributed by atoms with Crippen LogP contribution < -0.4 is 9.64 Å². The number of carbonyl (C=O) groups excluding carboxylic acids is 2. The van der Waals surface area contributed by atoms with Gasteiger partial charge in [-0.2, -0.15) is 0 Å². The number of aliphatic hydroxyl groups excluding tert-OH is 1. The van der Waals surface area contributed by atoms with Crippen molar-refractivity contribution in [1.82, 2.24) is 4.98 Å². The third-order valence-corrected chi connectivity index (χ3v) is 6.58. The Labute approximate surface area is 188 Å². The van der Waals surface area contributed by atoms with Crippen molar-refractivity contribution in [1.29, 1.82) is 0 Å². The van der Waals surface area contributed by atoms with E-state index in [4.69, 9.17) is 16.3 Å². The summed E-state index contributed by atoms with van der Waals surface area (Å²) in [6, 6.07) is 13.0. The highest BCUT2D eigenvalue weighted by atomic mass is 35.5. The number of nitrogens with zero attached hydrogens (tertiary/aromatic N) is 2. The van der Waals surface area contributed by atoms with Crippen molar-refractivity contribution in [2.75, 3.05) is 12.0 Å². The van der Waals surface area contributed by atoms with Gasteiger partial charge in [-0.25, -0.2) is 4.98 Å². The summed E-state index contributed by atoms with van der Waals surface area (Å²) in [5.74, 6) is -1.37. The quantitative estimate of drug-likeness (QED) is 0.339. The van der Waals surface area contributed by atoms with Gasteiger partial charge in [-0.1, -0.05) is 41.9 Å². The lowest BCUT2D eigenvalue weighted by molar-refractivity contribution is -0.132. The lowest BCUT2D eigenvalue weighted by Crippen LogP contribution is -2.29. The molecule has 0 aliphatic carbocycles. The molecule has 0 spiro atoms. The molecule has 1 amide bonds. The Morgan fingerprint density at radius 1 is 1.16 bits per heavy atom. The van der Waals surface area contributed by atoms with Crippen LogP contribution in [0.5, 0.6) is 5.75 Å². The molecule has 0 saturated carbocycles. The zero-order chi connectivity index (χ0) is 22.3. The molecule has 4 rings (SSSR count). The normalized spacial score (nSPS) is 17.9. The first-order chi connectivity index (χ1) is 14.8. The van der Waals surface area contributed by atoms with Gasteiger partial charge in [0, 0.05) is 10.4 Å². The van der Waals surface area contributed by atoms with Gasteiger partial charge in [-0.3, -0.25) is 14.5 Å². The van der Waals surface area contributed by atoms with Gasteiger partial charge in [0.05, 0.1) is 29.4 Å². The second-order valence-corrected chi connectivity index (χ2v) is 8.66. The number of anilines is 1. The van der Waals surface area contributed by atoms with Crippen molar-refractivity contribution < 1.29 is 19.4 Å². The molecule has 3 aromatic rings. The Morgan fingerprint density at radius 2 is 1.87 bits per heavy atom. The zero-order valence-corrected chi connectivity index (χ0v) is 18.6. The molecule has 1 N–H and O–H groups in total. The standard InChI is InChI=1S/C23H19ClN2O4S/c1-12-13(2)31-23(25-12)26-19(14-7-5-4-6-8-14)18(21(28)22(26)29)20(27)15-9-10-17(30-3)16(24)11-15/h4-11,19,27H,1-3H3/t19-/m0/s1. The van der Waals surface area contributed by atoms with Gasteiger partial charge in [0.15, 0.2) is 5.13 Å². The summed E-state index contributed by atoms with van der Waals surface area (Å²) < 4.78 is 5.16. The third kappa shape index (κ3) is 3.60. The van der Waals surface area contributed by atoms with E-state index in [0.717, 1.165) is 10.6 Å². The lowest BCUT2D eigenvalue weighted by atomic mass is 9.95. The zero-order valence-electron chi connectivity index (χ0n) is 17.0. The average Bonchev–Trinajstić information content (AvgIpc) is 3.23. The number of halogens is 1. The Morgan fingerprint density at radius 3 is 2.45 bits per heavy atom. The summed E-state index contributed by atoms with van der Waals surface area (Å²) in [6.45, 7) is 3.76. The van der Waals surface area contributed by atoms with Crippen LogP contribution in [-0.2, 0) is 9.59 Å². The number of hydrogen-bond acceptors (Lipinski definition) is 6. The minimum absolute atomic E-state index is 0.0112.